The third kappa shape index (κ3) is 9.37. The quantitative estimate of drug-likeness (QED) is 0.128. The molecule has 200 valence electrons. The highest BCUT2D eigenvalue weighted by Gasteiger charge is 2.47. The number of carbonyl (C=O) groups excluding carboxylic acids is 4. The van der Waals surface area contributed by atoms with E-state index in [0.29, 0.717) is 0 Å². The van der Waals surface area contributed by atoms with Gasteiger partial charge in [0.05, 0.1) is 6.61 Å². The van der Waals surface area contributed by atoms with Crippen molar-refractivity contribution in [3.63, 3.8) is 0 Å². The average Bonchev–Trinajstić information content (AvgIpc) is 2.76. The molecule has 0 aromatic heterocycles. The zero-order valence-electron chi connectivity index (χ0n) is 19.9. The van der Waals surface area contributed by atoms with Crippen LogP contribution in [0.4, 0.5) is 0 Å². The summed E-state index contributed by atoms with van der Waals surface area (Å²) in [6, 6.07) is -3.63. The molecule has 0 aliphatic carbocycles. The van der Waals surface area contributed by atoms with E-state index in [-0.39, 0.29) is 13.0 Å². The van der Waals surface area contributed by atoms with Gasteiger partial charge in [-0.1, -0.05) is 0 Å². The molecule has 1 aliphatic rings. The van der Waals surface area contributed by atoms with Gasteiger partial charge in [0, 0.05) is 20.5 Å². The molecule has 4 amide bonds. The summed E-state index contributed by atoms with van der Waals surface area (Å²) in [5.41, 5.74) is 5.18. The predicted octanol–water partition coefficient (Wildman–Crippen LogP) is -3.67. The summed E-state index contributed by atoms with van der Waals surface area (Å²) in [5, 5.41) is 36.7. The Morgan fingerprint density at radius 1 is 1.09 bits per heavy atom. The molecule has 1 aliphatic heterocycles. The zero-order valence-corrected chi connectivity index (χ0v) is 19.9. The van der Waals surface area contributed by atoms with E-state index < -0.39 is 84.9 Å². The molecular weight excluding hydrogens is 472 g/mol. The third-order valence-electron chi connectivity index (χ3n) is 5.18. The van der Waals surface area contributed by atoms with Crippen LogP contribution in [0.5, 0.6) is 0 Å². The smallest absolute Gasteiger partial charge is 0.303 e. The number of nitrogens with two attached hydrogens (primary N) is 1. The van der Waals surface area contributed by atoms with Crippen molar-refractivity contribution in [3.05, 3.63) is 0 Å². The number of primary amides is 1. The molecule has 0 bridgehead atoms. The maximum absolute atomic E-state index is 12.6. The highest BCUT2D eigenvalue weighted by atomic mass is 16.6. The fraction of sp³-hybridized carbons (Fsp3) is 0.750. The molecule has 0 saturated carbocycles. The maximum Gasteiger partial charge on any atom is 0.303 e. The number of methoxy groups -OCH3 is 1. The normalized spacial score (nSPS) is 26.6. The second kappa shape index (κ2) is 13.9. The van der Waals surface area contributed by atoms with Crippen molar-refractivity contribution in [3.8, 4) is 0 Å². The molecule has 1 heterocycles. The summed E-state index contributed by atoms with van der Waals surface area (Å²) in [7, 11) is 1.35. The number of nitrogens with one attached hydrogen (secondary N) is 3. The van der Waals surface area contributed by atoms with Gasteiger partial charge in [0.2, 0.25) is 23.6 Å². The van der Waals surface area contributed by atoms with Crippen molar-refractivity contribution in [2.24, 2.45) is 5.73 Å². The van der Waals surface area contributed by atoms with Crippen molar-refractivity contribution in [1.29, 1.82) is 0 Å². The van der Waals surface area contributed by atoms with E-state index in [0.717, 1.165) is 0 Å². The molecule has 1 rings (SSSR count). The highest BCUT2D eigenvalue weighted by Crippen LogP contribution is 2.24. The Morgan fingerprint density at radius 3 is 2.23 bits per heavy atom. The lowest BCUT2D eigenvalue weighted by Crippen LogP contribution is -2.65. The Morgan fingerprint density at radius 2 is 1.71 bits per heavy atom. The van der Waals surface area contributed by atoms with Crippen LogP contribution in [0.1, 0.15) is 33.6 Å². The summed E-state index contributed by atoms with van der Waals surface area (Å²) in [6.07, 6.45) is -7.15. The number of aliphatic hydroxyl groups excluding tert-OH is 2. The van der Waals surface area contributed by atoms with Crippen LogP contribution in [0.15, 0.2) is 0 Å². The first-order valence-corrected chi connectivity index (χ1v) is 10.8. The van der Waals surface area contributed by atoms with E-state index in [1.54, 1.807) is 0 Å². The van der Waals surface area contributed by atoms with E-state index in [1.165, 1.54) is 27.9 Å². The zero-order chi connectivity index (χ0) is 26.9. The maximum atomic E-state index is 12.6. The van der Waals surface area contributed by atoms with Gasteiger partial charge in [0.15, 0.2) is 6.29 Å². The van der Waals surface area contributed by atoms with Gasteiger partial charge in [-0.2, -0.15) is 0 Å². The lowest BCUT2D eigenvalue weighted by atomic mass is 9.96. The van der Waals surface area contributed by atoms with Crippen LogP contribution in [0, 0.1) is 0 Å². The number of hydrogen-bond acceptors (Lipinski definition) is 10. The summed E-state index contributed by atoms with van der Waals surface area (Å²) in [4.78, 5) is 58.7. The summed E-state index contributed by atoms with van der Waals surface area (Å²) in [5.74, 6) is -4.23. The monoisotopic (exact) mass is 506 g/mol. The number of amides is 4. The third-order valence-corrected chi connectivity index (χ3v) is 5.18. The van der Waals surface area contributed by atoms with Crippen molar-refractivity contribution < 1.29 is 53.5 Å². The van der Waals surface area contributed by atoms with Gasteiger partial charge in [-0.3, -0.25) is 24.0 Å². The first kappa shape index (κ1) is 30.2. The molecule has 5 unspecified atom stereocenters. The summed E-state index contributed by atoms with van der Waals surface area (Å²) < 4.78 is 15.9. The molecule has 0 aromatic carbocycles. The number of hydrogen-bond donors (Lipinski definition) is 7. The van der Waals surface area contributed by atoms with Crippen LogP contribution in [-0.2, 0) is 38.2 Å². The molecular formula is C20H34N4O11. The molecule has 0 spiro atoms. The second-order valence-electron chi connectivity index (χ2n) is 8.11. The van der Waals surface area contributed by atoms with Crippen LogP contribution < -0.4 is 21.7 Å². The minimum absolute atomic E-state index is 0.106. The Hall–Kier alpha value is -2.85. The van der Waals surface area contributed by atoms with Crippen LogP contribution in [-0.4, -0.2) is 107 Å². The number of carboxylic acid groups (broad SMARTS) is 1. The van der Waals surface area contributed by atoms with Gasteiger partial charge in [-0.15, -0.1) is 0 Å². The summed E-state index contributed by atoms with van der Waals surface area (Å²) >= 11 is 0. The fourth-order valence-electron chi connectivity index (χ4n) is 3.33. The predicted molar refractivity (Wildman–Crippen MR) is 116 cm³/mol. The fourth-order valence-corrected chi connectivity index (χ4v) is 3.33. The van der Waals surface area contributed by atoms with Gasteiger partial charge in [0.1, 0.15) is 42.5 Å². The molecule has 15 nitrogen and oxygen atoms in total. The molecule has 1 fully saturated rings. The lowest BCUT2D eigenvalue weighted by molar-refractivity contribution is -0.267. The van der Waals surface area contributed by atoms with Crippen molar-refractivity contribution in [1.82, 2.24) is 16.0 Å². The molecule has 1 saturated heterocycles. The van der Waals surface area contributed by atoms with E-state index in [9.17, 15) is 34.2 Å². The number of aliphatic hydroxyl groups is 2. The Kier molecular flexibility index (Phi) is 12.0. The molecule has 15 heteroatoms. The second-order valence-corrected chi connectivity index (χ2v) is 8.11. The largest absolute Gasteiger partial charge is 0.481 e. The van der Waals surface area contributed by atoms with Crippen LogP contribution in [0.3, 0.4) is 0 Å². The first-order valence-electron chi connectivity index (χ1n) is 10.8. The van der Waals surface area contributed by atoms with Crippen molar-refractivity contribution in [2.45, 2.75) is 82.4 Å². The Bertz CT molecular complexity index is 780. The standard InChI is InChI=1S/C20H34N4O11/c1-8(18(30)24-11(17(21)29)5-6-13(26)27)22-19(31)9(2)34-16-14(23-10(3)25)20(32)35-12(7-33-4)15(16)28/h8-9,11-12,14-16,20,28,32H,5-7H2,1-4H3,(H2,21,29)(H,22,31)(H,23,25)(H,24,30)(H,26,27)/t8-,9+,11+,12?,14?,15?,16?,20?/m0/s1. The lowest BCUT2D eigenvalue weighted by Gasteiger charge is -2.43. The number of aliphatic carboxylic acids is 1. The summed E-state index contributed by atoms with van der Waals surface area (Å²) in [6.45, 7) is 3.72. The number of carboxylic acids is 1. The van der Waals surface area contributed by atoms with Gasteiger partial charge in [0.25, 0.3) is 0 Å². The van der Waals surface area contributed by atoms with Gasteiger partial charge in [-0.05, 0) is 20.3 Å². The highest BCUT2D eigenvalue weighted by molar-refractivity contribution is 5.92. The van der Waals surface area contributed by atoms with E-state index in [2.05, 4.69) is 16.0 Å². The average molecular weight is 507 g/mol. The molecule has 0 radical (unpaired) electrons. The minimum atomic E-state index is -1.57. The van der Waals surface area contributed by atoms with Crippen LogP contribution in [0.25, 0.3) is 0 Å². The molecule has 35 heavy (non-hydrogen) atoms. The first-order chi connectivity index (χ1) is 16.3. The Balaban J connectivity index is 2.83. The molecule has 8 N–H and O–H groups in total. The molecule has 0 aromatic rings. The van der Waals surface area contributed by atoms with Crippen molar-refractivity contribution in [2.75, 3.05) is 13.7 Å². The van der Waals surface area contributed by atoms with Gasteiger partial charge in [-0.25, -0.2) is 0 Å². The SMILES string of the molecule is COCC1OC(O)C(NC(C)=O)C(O[C@H](C)C(=O)N[C@@H](C)C(=O)N[C@H](CCC(=O)O)C(N)=O)C1O. The Labute approximate surface area is 201 Å². The molecule has 8 atom stereocenters. The van der Waals surface area contributed by atoms with Crippen molar-refractivity contribution >= 4 is 29.6 Å². The van der Waals surface area contributed by atoms with Gasteiger partial charge < -0.3 is 51.2 Å². The van der Waals surface area contributed by atoms with E-state index >= 15 is 0 Å². The van der Waals surface area contributed by atoms with Gasteiger partial charge >= 0.3 is 5.97 Å². The number of rotatable bonds is 13. The topological polar surface area (TPSA) is 236 Å². The van der Waals surface area contributed by atoms with Crippen LogP contribution >= 0.6 is 0 Å². The number of ether oxygens (including phenoxy) is 3. The van der Waals surface area contributed by atoms with Crippen LogP contribution in [0.2, 0.25) is 0 Å². The van der Waals surface area contributed by atoms with E-state index in [1.807, 2.05) is 0 Å². The van der Waals surface area contributed by atoms with E-state index in [4.69, 9.17) is 25.1 Å². The minimum Gasteiger partial charge on any atom is -0.481 e. The number of carbonyl (C=O) groups is 5.